The third-order valence-electron chi connectivity index (χ3n) is 2.99. The third kappa shape index (κ3) is 4.97. The molecule has 0 aliphatic heterocycles. The topological polar surface area (TPSA) is 42.5 Å². The fraction of sp³-hybridized carbons (Fsp3) is 0.235. The number of halogens is 2. The Hall–Kier alpha value is -2.05. The first-order valence-corrected chi connectivity index (χ1v) is 8.24. The van der Waals surface area contributed by atoms with Crippen LogP contribution in [0.1, 0.15) is 13.8 Å². The molecule has 0 bridgehead atoms. The van der Waals surface area contributed by atoms with E-state index in [1.807, 2.05) is 26.0 Å². The van der Waals surface area contributed by atoms with Crippen LogP contribution < -0.4 is 20.1 Å². The molecule has 0 unspecified atom stereocenters. The summed E-state index contributed by atoms with van der Waals surface area (Å²) in [6.07, 6.45) is 0. The summed E-state index contributed by atoms with van der Waals surface area (Å²) in [5.41, 5.74) is 1.26. The monoisotopic (exact) mass is 368 g/mol. The molecule has 24 heavy (non-hydrogen) atoms. The van der Waals surface area contributed by atoms with E-state index in [-0.39, 0.29) is 5.02 Å². The molecule has 0 heterocycles. The van der Waals surface area contributed by atoms with Gasteiger partial charge in [-0.2, -0.15) is 0 Å². The van der Waals surface area contributed by atoms with Gasteiger partial charge in [-0.1, -0.05) is 11.6 Å². The Kier molecular flexibility index (Phi) is 6.63. The maximum atomic E-state index is 13.2. The van der Waals surface area contributed by atoms with E-state index in [4.69, 9.17) is 33.3 Å². The van der Waals surface area contributed by atoms with Gasteiger partial charge in [0, 0.05) is 11.8 Å². The van der Waals surface area contributed by atoms with Gasteiger partial charge in [0.1, 0.15) is 17.3 Å². The van der Waals surface area contributed by atoms with Gasteiger partial charge in [0.05, 0.1) is 23.9 Å². The Morgan fingerprint density at radius 3 is 2.50 bits per heavy atom. The molecule has 128 valence electrons. The fourth-order valence-electron chi connectivity index (χ4n) is 2.00. The Balaban J connectivity index is 2.13. The molecule has 0 saturated heterocycles. The summed E-state index contributed by atoms with van der Waals surface area (Å²) < 4.78 is 24.3. The molecule has 0 fully saturated rings. The SMILES string of the molecule is CCOc1ccc(OCC)c(NC(=S)Nc2ccc(F)c(Cl)c2)c1. The highest BCUT2D eigenvalue weighted by molar-refractivity contribution is 7.80. The maximum absolute atomic E-state index is 13.2. The van der Waals surface area contributed by atoms with Crippen LogP contribution in [-0.2, 0) is 0 Å². The van der Waals surface area contributed by atoms with Crippen LogP contribution in [0.15, 0.2) is 36.4 Å². The van der Waals surface area contributed by atoms with Crippen LogP contribution in [0.2, 0.25) is 5.02 Å². The standard InChI is InChI=1S/C17H18ClFN2O2S/c1-3-22-12-6-8-16(23-4-2)15(10-12)21-17(24)20-11-5-7-14(19)13(18)9-11/h5-10H,3-4H2,1-2H3,(H2,20,21,24). The van der Waals surface area contributed by atoms with Crippen molar-refractivity contribution in [3.05, 3.63) is 47.2 Å². The smallest absolute Gasteiger partial charge is 0.175 e. The first kappa shape index (κ1) is 18.3. The van der Waals surface area contributed by atoms with Crippen molar-refractivity contribution in [2.45, 2.75) is 13.8 Å². The van der Waals surface area contributed by atoms with Crippen LogP contribution in [0.4, 0.5) is 15.8 Å². The van der Waals surface area contributed by atoms with Gasteiger partial charge < -0.3 is 20.1 Å². The Labute approximate surface area is 150 Å². The number of benzene rings is 2. The first-order chi connectivity index (χ1) is 11.5. The molecule has 2 rings (SSSR count). The van der Waals surface area contributed by atoms with Crippen LogP contribution in [0.5, 0.6) is 11.5 Å². The Bertz CT molecular complexity index is 728. The van der Waals surface area contributed by atoms with Crippen LogP contribution in [-0.4, -0.2) is 18.3 Å². The number of hydrogen-bond donors (Lipinski definition) is 2. The lowest BCUT2D eigenvalue weighted by Gasteiger charge is -2.16. The van der Waals surface area contributed by atoms with E-state index in [1.54, 1.807) is 12.1 Å². The molecule has 0 saturated carbocycles. The predicted octanol–water partition coefficient (Wildman–Crippen LogP) is 5.09. The van der Waals surface area contributed by atoms with Gasteiger partial charge in [0.15, 0.2) is 5.11 Å². The van der Waals surface area contributed by atoms with Crippen molar-refractivity contribution >= 4 is 40.3 Å². The van der Waals surface area contributed by atoms with E-state index < -0.39 is 5.82 Å². The number of hydrogen-bond acceptors (Lipinski definition) is 3. The van der Waals surface area contributed by atoms with Crippen molar-refractivity contribution in [2.75, 3.05) is 23.8 Å². The second-order valence-corrected chi connectivity index (χ2v) is 5.55. The summed E-state index contributed by atoms with van der Waals surface area (Å²) in [6.45, 7) is 4.89. The van der Waals surface area contributed by atoms with Crippen LogP contribution in [0.25, 0.3) is 0 Å². The maximum Gasteiger partial charge on any atom is 0.175 e. The summed E-state index contributed by atoms with van der Waals surface area (Å²) in [5, 5.41) is 6.36. The van der Waals surface area contributed by atoms with Crippen molar-refractivity contribution in [3.63, 3.8) is 0 Å². The predicted molar refractivity (Wildman–Crippen MR) is 100 cm³/mol. The third-order valence-corrected chi connectivity index (χ3v) is 3.48. The lowest BCUT2D eigenvalue weighted by molar-refractivity contribution is 0.332. The highest BCUT2D eigenvalue weighted by Gasteiger charge is 2.09. The lowest BCUT2D eigenvalue weighted by Crippen LogP contribution is -2.19. The van der Waals surface area contributed by atoms with Gasteiger partial charge in [-0.15, -0.1) is 0 Å². The fourth-order valence-corrected chi connectivity index (χ4v) is 2.41. The van der Waals surface area contributed by atoms with Crippen molar-refractivity contribution in [1.82, 2.24) is 0 Å². The van der Waals surface area contributed by atoms with Crippen LogP contribution >= 0.6 is 23.8 Å². The average Bonchev–Trinajstić information content (AvgIpc) is 2.54. The normalized spacial score (nSPS) is 10.2. The molecule has 0 amide bonds. The zero-order chi connectivity index (χ0) is 17.5. The van der Waals surface area contributed by atoms with Gasteiger partial charge in [-0.05, 0) is 56.4 Å². The molecule has 0 spiro atoms. The number of thiocarbonyl (C=S) groups is 1. The Morgan fingerprint density at radius 1 is 1.08 bits per heavy atom. The Morgan fingerprint density at radius 2 is 1.83 bits per heavy atom. The zero-order valence-corrected chi connectivity index (χ0v) is 14.9. The van der Waals surface area contributed by atoms with E-state index in [9.17, 15) is 4.39 Å². The average molecular weight is 369 g/mol. The van der Waals surface area contributed by atoms with E-state index in [0.29, 0.717) is 41.2 Å². The molecule has 2 aromatic carbocycles. The van der Waals surface area contributed by atoms with Crippen LogP contribution in [0.3, 0.4) is 0 Å². The van der Waals surface area contributed by atoms with Crippen molar-refractivity contribution < 1.29 is 13.9 Å². The van der Waals surface area contributed by atoms with E-state index >= 15 is 0 Å². The molecule has 0 atom stereocenters. The highest BCUT2D eigenvalue weighted by atomic mass is 35.5. The minimum atomic E-state index is -0.482. The zero-order valence-electron chi connectivity index (χ0n) is 13.4. The molecule has 7 heteroatoms. The molecular weight excluding hydrogens is 351 g/mol. The van der Waals surface area contributed by atoms with Gasteiger partial charge in [0.25, 0.3) is 0 Å². The second kappa shape index (κ2) is 8.70. The molecule has 0 radical (unpaired) electrons. The number of ether oxygens (including phenoxy) is 2. The molecule has 2 aromatic rings. The van der Waals surface area contributed by atoms with Gasteiger partial charge in [-0.3, -0.25) is 0 Å². The summed E-state index contributed by atoms with van der Waals surface area (Å²) in [5.74, 6) is 0.877. The summed E-state index contributed by atoms with van der Waals surface area (Å²) in [6, 6.07) is 9.74. The van der Waals surface area contributed by atoms with Crippen molar-refractivity contribution in [2.24, 2.45) is 0 Å². The van der Waals surface area contributed by atoms with Gasteiger partial charge in [-0.25, -0.2) is 4.39 Å². The van der Waals surface area contributed by atoms with Gasteiger partial charge >= 0.3 is 0 Å². The number of nitrogens with one attached hydrogen (secondary N) is 2. The lowest BCUT2D eigenvalue weighted by atomic mass is 10.2. The van der Waals surface area contributed by atoms with E-state index in [0.717, 1.165) is 0 Å². The summed E-state index contributed by atoms with van der Waals surface area (Å²) >= 11 is 11.1. The molecule has 0 aromatic heterocycles. The molecule has 2 N–H and O–H groups in total. The van der Waals surface area contributed by atoms with Crippen LogP contribution in [0, 0.1) is 5.82 Å². The second-order valence-electron chi connectivity index (χ2n) is 4.73. The quantitative estimate of drug-likeness (QED) is 0.695. The highest BCUT2D eigenvalue weighted by Crippen LogP contribution is 2.30. The largest absolute Gasteiger partial charge is 0.494 e. The molecular formula is C17H18ClFN2O2S. The van der Waals surface area contributed by atoms with Gasteiger partial charge in [0.2, 0.25) is 0 Å². The molecule has 0 aliphatic rings. The van der Waals surface area contributed by atoms with E-state index in [2.05, 4.69) is 10.6 Å². The first-order valence-electron chi connectivity index (χ1n) is 7.46. The van der Waals surface area contributed by atoms with E-state index in [1.165, 1.54) is 12.1 Å². The number of rotatable bonds is 6. The summed E-state index contributed by atoms with van der Waals surface area (Å²) in [7, 11) is 0. The number of anilines is 2. The molecule has 4 nitrogen and oxygen atoms in total. The van der Waals surface area contributed by atoms with Crippen molar-refractivity contribution in [3.8, 4) is 11.5 Å². The minimum Gasteiger partial charge on any atom is -0.494 e. The molecule has 0 aliphatic carbocycles. The summed E-state index contributed by atoms with van der Waals surface area (Å²) in [4.78, 5) is 0. The van der Waals surface area contributed by atoms with Crippen molar-refractivity contribution in [1.29, 1.82) is 0 Å². The minimum absolute atomic E-state index is 0.0242.